The molecule has 0 unspecified atom stereocenters. The lowest BCUT2D eigenvalue weighted by molar-refractivity contribution is -0.384. The number of pyridine rings is 1. The van der Waals surface area contributed by atoms with Crippen LogP contribution in [0.4, 0.5) is 21.7 Å². The molecule has 0 bridgehead atoms. The van der Waals surface area contributed by atoms with Crippen molar-refractivity contribution in [2.24, 2.45) is 7.05 Å². The summed E-state index contributed by atoms with van der Waals surface area (Å²) in [4.78, 5) is 29.9. The first-order valence-electron chi connectivity index (χ1n) is 6.49. The number of halogens is 1. The number of anilines is 2. The smallest absolute Gasteiger partial charge is 0.271 e. The molecular formula is C14H10FN5O3. The summed E-state index contributed by atoms with van der Waals surface area (Å²) < 4.78 is 15.1. The van der Waals surface area contributed by atoms with E-state index in [0.29, 0.717) is 11.0 Å². The molecule has 116 valence electrons. The average Bonchev–Trinajstić information content (AvgIpc) is 2.53. The molecule has 2 heterocycles. The van der Waals surface area contributed by atoms with E-state index in [2.05, 4.69) is 15.3 Å². The van der Waals surface area contributed by atoms with Crippen LogP contribution in [-0.4, -0.2) is 19.5 Å². The molecule has 0 aliphatic rings. The molecule has 3 rings (SSSR count). The number of benzene rings is 1. The summed E-state index contributed by atoms with van der Waals surface area (Å²) in [5.74, 6) is -0.653. The molecule has 0 aliphatic heterocycles. The van der Waals surface area contributed by atoms with Crippen molar-refractivity contribution in [3.8, 4) is 0 Å². The van der Waals surface area contributed by atoms with Crippen LogP contribution < -0.4 is 10.9 Å². The first kappa shape index (κ1) is 14.6. The number of aryl methyl sites for hydroxylation is 1. The third kappa shape index (κ3) is 2.71. The van der Waals surface area contributed by atoms with Crippen LogP contribution in [0.5, 0.6) is 0 Å². The van der Waals surface area contributed by atoms with Crippen molar-refractivity contribution in [1.29, 1.82) is 0 Å². The molecule has 1 N–H and O–H groups in total. The molecular weight excluding hydrogens is 305 g/mol. The second-order valence-corrected chi connectivity index (χ2v) is 4.75. The van der Waals surface area contributed by atoms with E-state index < -0.39 is 10.7 Å². The monoisotopic (exact) mass is 315 g/mol. The first-order valence-corrected chi connectivity index (χ1v) is 6.49. The fourth-order valence-electron chi connectivity index (χ4n) is 2.05. The van der Waals surface area contributed by atoms with Gasteiger partial charge in [0.05, 0.1) is 10.6 Å². The van der Waals surface area contributed by atoms with E-state index in [1.807, 2.05) is 0 Å². The fourth-order valence-corrected chi connectivity index (χ4v) is 2.05. The molecule has 0 saturated heterocycles. The topological polar surface area (TPSA) is 103 Å². The molecule has 0 fully saturated rings. The highest BCUT2D eigenvalue weighted by Gasteiger charge is 2.12. The molecule has 3 aromatic rings. The molecule has 0 atom stereocenters. The summed E-state index contributed by atoms with van der Waals surface area (Å²) in [5, 5.41) is 14.0. The van der Waals surface area contributed by atoms with Gasteiger partial charge in [-0.25, -0.2) is 9.37 Å². The maximum Gasteiger partial charge on any atom is 0.271 e. The summed E-state index contributed by atoms with van der Waals surface area (Å²) in [7, 11) is 1.55. The van der Waals surface area contributed by atoms with Crippen molar-refractivity contribution < 1.29 is 9.31 Å². The highest BCUT2D eigenvalue weighted by molar-refractivity contribution is 5.75. The molecule has 2 aromatic heterocycles. The largest absolute Gasteiger partial charge is 0.321 e. The van der Waals surface area contributed by atoms with Crippen molar-refractivity contribution in [1.82, 2.24) is 14.5 Å². The van der Waals surface area contributed by atoms with Crippen LogP contribution in [0.1, 0.15) is 0 Å². The normalized spacial score (nSPS) is 10.7. The van der Waals surface area contributed by atoms with E-state index in [0.717, 1.165) is 18.2 Å². The molecule has 8 nitrogen and oxygen atoms in total. The maximum absolute atomic E-state index is 13.8. The minimum Gasteiger partial charge on any atom is -0.321 e. The van der Waals surface area contributed by atoms with Gasteiger partial charge in [-0.15, -0.1) is 0 Å². The van der Waals surface area contributed by atoms with Crippen LogP contribution in [0.25, 0.3) is 11.0 Å². The van der Waals surface area contributed by atoms with E-state index in [4.69, 9.17) is 0 Å². The quantitative estimate of drug-likeness (QED) is 0.586. The van der Waals surface area contributed by atoms with Crippen molar-refractivity contribution in [2.75, 3.05) is 5.32 Å². The molecule has 0 aliphatic carbocycles. The van der Waals surface area contributed by atoms with Crippen molar-refractivity contribution >= 4 is 28.4 Å². The number of hydrogen-bond acceptors (Lipinski definition) is 6. The fraction of sp³-hybridized carbons (Fsp3) is 0.0714. The summed E-state index contributed by atoms with van der Waals surface area (Å²) in [5.41, 5.74) is -0.272. The van der Waals surface area contributed by atoms with Crippen molar-refractivity contribution in [3.63, 3.8) is 0 Å². The summed E-state index contributed by atoms with van der Waals surface area (Å²) in [6.45, 7) is 0. The number of fused-ring (bicyclic) bond motifs is 1. The zero-order valence-electron chi connectivity index (χ0n) is 11.9. The van der Waals surface area contributed by atoms with Gasteiger partial charge in [-0.1, -0.05) is 0 Å². The van der Waals surface area contributed by atoms with Gasteiger partial charge in [0.1, 0.15) is 11.5 Å². The molecule has 23 heavy (non-hydrogen) atoms. The minimum absolute atomic E-state index is 0.0260. The van der Waals surface area contributed by atoms with Gasteiger partial charge < -0.3 is 5.32 Å². The van der Waals surface area contributed by atoms with Gasteiger partial charge in [-0.3, -0.25) is 19.5 Å². The Labute approximate surface area is 128 Å². The van der Waals surface area contributed by atoms with E-state index in [1.54, 1.807) is 13.1 Å². The molecule has 0 amide bonds. The first-order chi connectivity index (χ1) is 11.0. The highest BCUT2D eigenvalue weighted by Crippen LogP contribution is 2.23. The van der Waals surface area contributed by atoms with Crippen LogP contribution in [0.2, 0.25) is 0 Å². The predicted molar refractivity (Wildman–Crippen MR) is 81.1 cm³/mol. The van der Waals surface area contributed by atoms with E-state index in [9.17, 15) is 19.3 Å². The van der Waals surface area contributed by atoms with Crippen LogP contribution in [0, 0.1) is 15.9 Å². The van der Waals surface area contributed by atoms with Crippen LogP contribution in [0.15, 0.2) is 41.3 Å². The molecule has 1 aromatic carbocycles. The van der Waals surface area contributed by atoms with E-state index in [1.165, 1.54) is 16.8 Å². The molecule has 0 spiro atoms. The average molecular weight is 315 g/mol. The van der Waals surface area contributed by atoms with Gasteiger partial charge in [0.25, 0.3) is 11.2 Å². The van der Waals surface area contributed by atoms with Crippen LogP contribution in [-0.2, 0) is 7.05 Å². The number of hydrogen-bond donors (Lipinski definition) is 1. The lowest BCUT2D eigenvalue weighted by Gasteiger charge is -2.08. The number of aromatic nitrogens is 3. The summed E-state index contributed by atoms with van der Waals surface area (Å²) in [6.07, 6.45) is 1.47. The Balaban J connectivity index is 2.05. The molecule has 9 heteroatoms. The lowest BCUT2D eigenvalue weighted by Crippen LogP contribution is -2.16. The Bertz CT molecular complexity index is 986. The zero-order chi connectivity index (χ0) is 16.6. The van der Waals surface area contributed by atoms with Gasteiger partial charge in [0, 0.05) is 36.8 Å². The second kappa shape index (κ2) is 5.44. The number of non-ortho nitro benzene ring substituents is 1. The number of rotatable bonds is 3. The number of nitro benzene ring substituents is 1. The lowest BCUT2D eigenvalue weighted by atomic mass is 10.2. The van der Waals surface area contributed by atoms with Crippen LogP contribution in [0.3, 0.4) is 0 Å². The Kier molecular flexibility index (Phi) is 3.45. The number of nitrogens with zero attached hydrogens (tertiary/aromatic N) is 4. The maximum atomic E-state index is 13.8. The van der Waals surface area contributed by atoms with Gasteiger partial charge in [-0.2, -0.15) is 4.98 Å². The van der Waals surface area contributed by atoms with Crippen molar-refractivity contribution in [2.45, 2.75) is 0 Å². The third-order valence-electron chi connectivity index (χ3n) is 3.26. The minimum atomic E-state index is -0.679. The SMILES string of the molecule is Cn1c(=O)ccc2cnc(Nc3cc([N+](=O)[O-])ccc3F)nc21. The van der Waals surface area contributed by atoms with Crippen LogP contribution >= 0.6 is 0 Å². The number of nitro groups is 1. The Morgan fingerprint density at radius 1 is 1.30 bits per heavy atom. The molecule has 0 saturated carbocycles. The summed E-state index contributed by atoms with van der Waals surface area (Å²) >= 11 is 0. The van der Waals surface area contributed by atoms with Gasteiger partial charge in [0.15, 0.2) is 0 Å². The second-order valence-electron chi connectivity index (χ2n) is 4.75. The summed E-state index contributed by atoms with van der Waals surface area (Å²) in [6, 6.07) is 6.06. The van der Waals surface area contributed by atoms with E-state index >= 15 is 0 Å². The van der Waals surface area contributed by atoms with Gasteiger partial charge >= 0.3 is 0 Å². The third-order valence-corrected chi connectivity index (χ3v) is 3.26. The standard InChI is InChI=1S/C14H10FN5O3/c1-19-12(21)5-2-8-7-16-14(18-13(8)19)17-11-6-9(20(22)23)3-4-10(11)15/h2-7H,1H3,(H,16,17,18). The predicted octanol–water partition coefficient (Wildman–Crippen LogP) is 2.12. The Morgan fingerprint density at radius 3 is 2.83 bits per heavy atom. The van der Waals surface area contributed by atoms with Gasteiger partial charge in [0.2, 0.25) is 5.95 Å². The van der Waals surface area contributed by atoms with Gasteiger partial charge in [-0.05, 0) is 12.1 Å². The zero-order valence-corrected chi connectivity index (χ0v) is 11.9. The Hall–Kier alpha value is -3.36. The molecule has 0 radical (unpaired) electrons. The van der Waals surface area contributed by atoms with Crippen molar-refractivity contribution in [3.05, 3.63) is 62.8 Å². The number of nitrogens with one attached hydrogen (secondary N) is 1. The Morgan fingerprint density at radius 2 is 2.09 bits per heavy atom. The highest BCUT2D eigenvalue weighted by atomic mass is 19.1. The van der Waals surface area contributed by atoms with E-state index in [-0.39, 0.29) is 22.9 Å².